The van der Waals surface area contributed by atoms with Crippen LogP contribution in [0.15, 0.2) is 45.1 Å². The second kappa shape index (κ2) is 6.78. The van der Waals surface area contributed by atoms with Crippen LogP contribution in [0.2, 0.25) is 0 Å². The van der Waals surface area contributed by atoms with Gasteiger partial charge in [-0.25, -0.2) is 4.79 Å². The maximum Gasteiger partial charge on any atom is 0.336 e. The molecule has 0 saturated heterocycles. The number of rotatable bonds is 4. The second-order valence-corrected chi connectivity index (χ2v) is 6.68. The molecular weight excluding hydrogens is 336 g/mol. The van der Waals surface area contributed by atoms with Gasteiger partial charge in [0.05, 0.1) is 5.92 Å². The molecule has 1 aromatic carbocycles. The smallest absolute Gasteiger partial charge is 0.336 e. The average molecular weight is 356 g/mol. The Morgan fingerprint density at radius 2 is 1.92 bits per heavy atom. The highest BCUT2D eigenvalue weighted by molar-refractivity contribution is 5.98. The summed E-state index contributed by atoms with van der Waals surface area (Å²) >= 11 is 0. The number of ketones is 1. The zero-order chi connectivity index (χ0) is 19.0. The summed E-state index contributed by atoms with van der Waals surface area (Å²) in [6.07, 6.45) is 0.293. The van der Waals surface area contributed by atoms with E-state index >= 15 is 0 Å². The van der Waals surface area contributed by atoms with Gasteiger partial charge in [0.2, 0.25) is 0 Å². The van der Waals surface area contributed by atoms with Gasteiger partial charge in [0, 0.05) is 30.0 Å². The van der Waals surface area contributed by atoms with Crippen LogP contribution in [0, 0.1) is 0 Å². The van der Waals surface area contributed by atoms with Gasteiger partial charge < -0.3 is 13.9 Å². The minimum Gasteiger partial charge on any atom is -0.485 e. The maximum absolute atomic E-state index is 12.8. The van der Waals surface area contributed by atoms with Crippen LogP contribution in [0.25, 0.3) is 11.0 Å². The number of allylic oxidation sites excluding steroid dienone is 2. The number of ether oxygens (including phenoxy) is 2. The Morgan fingerprint density at radius 1 is 1.19 bits per heavy atom. The lowest BCUT2D eigenvalue weighted by Crippen LogP contribution is -2.37. The number of hydrogen-bond donors (Lipinski definition) is 0. The van der Waals surface area contributed by atoms with Crippen LogP contribution in [0.5, 0.6) is 5.75 Å². The van der Waals surface area contributed by atoms with Crippen molar-refractivity contribution in [2.45, 2.75) is 45.8 Å². The second-order valence-electron chi connectivity index (χ2n) is 6.68. The van der Waals surface area contributed by atoms with Crippen LogP contribution in [-0.2, 0) is 14.3 Å². The Balaban J connectivity index is 2.11. The minimum absolute atomic E-state index is 0.121. The fourth-order valence-corrected chi connectivity index (χ4v) is 3.24. The predicted octanol–water partition coefficient (Wildman–Crippen LogP) is 3.12. The van der Waals surface area contributed by atoms with Crippen molar-refractivity contribution in [2.75, 3.05) is 0 Å². The van der Waals surface area contributed by atoms with E-state index in [9.17, 15) is 14.4 Å². The van der Waals surface area contributed by atoms with Crippen molar-refractivity contribution in [2.24, 2.45) is 0 Å². The molecule has 0 saturated carbocycles. The van der Waals surface area contributed by atoms with Crippen molar-refractivity contribution in [3.8, 4) is 5.75 Å². The highest BCUT2D eigenvalue weighted by Crippen LogP contribution is 2.43. The van der Waals surface area contributed by atoms with Crippen LogP contribution >= 0.6 is 0 Å². The van der Waals surface area contributed by atoms with Gasteiger partial charge in [-0.3, -0.25) is 9.59 Å². The molecule has 2 aromatic rings. The molecule has 3 rings (SSSR count). The normalized spacial score (nSPS) is 19.4. The molecule has 2 heterocycles. The van der Waals surface area contributed by atoms with Crippen molar-refractivity contribution >= 4 is 22.7 Å². The molecule has 26 heavy (non-hydrogen) atoms. The molecule has 136 valence electrons. The molecule has 0 bridgehead atoms. The van der Waals surface area contributed by atoms with E-state index in [2.05, 4.69) is 0 Å². The fourth-order valence-electron chi connectivity index (χ4n) is 3.24. The zero-order valence-corrected chi connectivity index (χ0v) is 15.1. The molecule has 6 nitrogen and oxygen atoms in total. The van der Waals surface area contributed by atoms with E-state index < -0.39 is 29.7 Å². The lowest BCUT2D eigenvalue weighted by molar-refractivity contribution is -0.150. The fraction of sp³-hybridized carbons (Fsp3) is 0.350. The lowest BCUT2D eigenvalue weighted by Gasteiger charge is -2.23. The molecule has 0 radical (unpaired) electrons. The van der Waals surface area contributed by atoms with E-state index in [4.69, 9.17) is 13.9 Å². The van der Waals surface area contributed by atoms with Gasteiger partial charge in [-0.2, -0.15) is 0 Å². The van der Waals surface area contributed by atoms with Gasteiger partial charge in [-0.15, -0.1) is 0 Å². The number of carbonyl (C=O) groups is 2. The lowest BCUT2D eigenvalue weighted by atomic mass is 9.87. The Bertz CT molecular complexity index is 964. The zero-order valence-electron chi connectivity index (χ0n) is 15.1. The SMILES string of the molecule is CC(=O)OC(C)[C@H]1Oc2cc3oc(=O)ccc3cc2[C@H]1C(=O)C=C(C)C. The monoisotopic (exact) mass is 356 g/mol. The van der Waals surface area contributed by atoms with E-state index in [1.54, 1.807) is 31.2 Å². The van der Waals surface area contributed by atoms with Crippen molar-refractivity contribution in [1.29, 1.82) is 0 Å². The van der Waals surface area contributed by atoms with Gasteiger partial charge in [0.15, 0.2) is 5.78 Å². The van der Waals surface area contributed by atoms with Crippen molar-refractivity contribution < 1.29 is 23.5 Å². The summed E-state index contributed by atoms with van der Waals surface area (Å²) in [5.41, 5.74) is 1.48. The van der Waals surface area contributed by atoms with Crippen molar-refractivity contribution in [1.82, 2.24) is 0 Å². The first kappa shape index (κ1) is 17.9. The number of carbonyl (C=O) groups excluding carboxylic acids is 2. The molecule has 6 heteroatoms. The summed E-state index contributed by atoms with van der Waals surface area (Å²) in [5.74, 6) is -0.715. The van der Waals surface area contributed by atoms with E-state index in [1.807, 2.05) is 13.8 Å². The van der Waals surface area contributed by atoms with Crippen LogP contribution in [-0.4, -0.2) is 24.0 Å². The van der Waals surface area contributed by atoms with E-state index in [0.717, 1.165) is 5.57 Å². The minimum atomic E-state index is -0.652. The average Bonchev–Trinajstić information content (AvgIpc) is 2.89. The summed E-state index contributed by atoms with van der Waals surface area (Å²) in [7, 11) is 0. The van der Waals surface area contributed by atoms with Crippen molar-refractivity contribution in [3.05, 3.63) is 51.9 Å². The van der Waals surface area contributed by atoms with Crippen molar-refractivity contribution in [3.63, 3.8) is 0 Å². The number of benzene rings is 1. The molecule has 1 unspecified atom stereocenters. The molecule has 1 aliphatic rings. The third-order valence-corrected chi connectivity index (χ3v) is 4.23. The topological polar surface area (TPSA) is 82.8 Å². The maximum atomic E-state index is 12.8. The molecule has 0 spiro atoms. The Kier molecular flexibility index (Phi) is 4.68. The summed E-state index contributed by atoms with van der Waals surface area (Å²) in [5, 5.41) is 0.697. The summed E-state index contributed by atoms with van der Waals surface area (Å²) < 4.78 is 16.4. The molecule has 0 N–H and O–H groups in total. The Hall–Kier alpha value is -2.89. The summed E-state index contributed by atoms with van der Waals surface area (Å²) in [4.78, 5) is 35.6. The predicted molar refractivity (Wildman–Crippen MR) is 95.3 cm³/mol. The van der Waals surface area contributed by atoms with Gasteiger partial charge >= 0.3 is 11.6 Å². The first-order valence-electron chi connectivity index (χ1n) is 8.36. The van der Waals surface area contributed by atoms with E-state index in [-0.39, 0.29) is 5.78 Å². The summed E-state index contributed by atoms with van der Waals surface area (Å²) in [6.45, 7) is 6.69. The standard InChI is InChI=1S/C20H20O6/c1-10(2)7-15(22)19-14-8-13-5-6-18(23)25-16(13)9-17(14)26-20(19)11(3)24-12(4)21/h5-9,11,19-20H,1-4H3/t11?,19-,20+/m0/s1. The third kappa shape index (κ3) is 3.40. The first-order valence-corrected chi connectivity index (χ1v) is 8.36. The summed E-state index contributed by atoms with van der Waals surface area (Å²) in [6, 6.07) is 6.37. The largest absolute Gasteiger partial charge is 0.485 e. The molecule has 1 aliphatic heterocycles. The van der Waals surface area contributed by atoms with Gasteiger partial charge in [0.1, 0.15) is 23.5 Å². The Morgan fingerprint density at radius 3 is 2.58 bits per heavy atom. The highest BCUT2D eigenvalue weighted by Gasteiger charge is 2.43. The number of fused-ring (bicyclic) bond motifs is 2. The molecule has 0 amide bonds. The molecule has 3 atom stereocenters. The Labute approximate surface area is 150 Å². The number of esters is 1. The quantitative estimate of drug-likeness (QED) is 0.475. The molecule has 0 fully saturated rings. The van der Waals surface area contributed by atoms with Crippen LogP contribution in [0.3, 0.4) is 0 Å². The molecule has 0 aliphatic carbocycles. The van der Waals surface area contributed by atoms with Crippen LogP contribution < -0.4 is 10.4 Å². The van der Waals surface area contributed by atoms with Crippen LogP contribution in [0.1, 0.15) is 39.2 Å². The van der Waals surface area contributed by atoms with Gasteiger partial charge in [-0.05, 0) is 39.0 Å². The van der Waals surface area contributed by atoms with Crippen LogP contribution in [0.4, 0.5) is 0 Å². The van der Waals surface area contributed by atoms with Gasteiger partial charge in [0.25, 0.3) is 0 Å². The van der Waals surface area contributed by atoms with E-state index in [0.29, 0.717) is 22.3 Å². The molecule has 1 aromatic heterocycles. The first-order chi connectivity index (χ1) is 12.3. The molecular formula is C20H20O6. The third-order valence-electron chi connectivity index (χ3n) is 4.23. The van der Waals surface area contributed by atoms with E-state index in [1.165, 1.54) is 13.0 Å². The highest BCUT2D eigenvalue weighted by atomic mass is 16.6. The van der Waals surface area contributed by atoms with Gasteiger partial charge in [-0.1, -0.05) is 5.57 Å². The number of hydrogen-bond acceptors (Lipinski definition) is 6.